The average molecular weight is 278 g/mol. The zero-order chi connectivity index (χ0) is 14.5. The maximum atomic E-state index is 12.3. The Morgan fingerprint density at radius 1 is 1.50 bits per heavy atom. The van der Waals surface area contributed by atoms with E-state index in [1.54, 1.807) is 4.90 Å². The van der Waals surface area contributed by atoms with E-state index in [0.717, 1.165) is 31.5 Å². The number of aliphatic hydroxyl groups excluding tert-OH is 1. The maximum Gasteiger partial charge on any atom is 0.245 e. The van der Waals surface area contributed by atoms with Gasteiger partial charge in [-0.2, -0.15) is 0 Å². The highest BCUT2D eigenvalue weighted by Crippen LogP contribution is 2.16. The Balaban J connectivity index is 2.08. The number of piperidine rings is 1. The predicted molar refractivity (Wildman–Crippen MR) is 76.5 cm³/mol. The molecule has 1 aromatic rings. The Bertz CT molecular complexity index is 476. The Morgan fingerprint density at radius 3 is 3.00 bits per heavy atom. The van der Waals surface area contributed by atoms with Crippen LogP contribution in [0.15, 0.2) is 6.07 Å². The van der Waals surface area contributed by atoms with Gasteiger partial charge in [0.2, 0.25) is 5.91 Å². The van der Waals surface area contributed by atoms with Crippen LogP contribution in [0.5, 0.6) is 0 Å². The van der Waals surface area contributed by atoms with Crippen molar-refractivity contribution in [1.82, 2.24) is 14.9 Å². The van der Waals surface area contributed by atoms with E-state index in [2.05, 4.69) is 15.3 Å². The molecule has 1 atom stereocenters. The Hall–Kier alpha value is -1.69. The number of nitrogens with zero attached hydrogens (tertiary/aromatic N) is 3. The quantitative estimate of drug-likeness (QED) is 0.830. The molecule has 2 N–H and O–H groups in total. The number of anilines is 1. The summed E-state index contributed by atoms with van der Waals surface area (Å²) in [5.74, 6) is 1.46. The lowest BCUT2D eigenvalue weighted by Crippen LogP contribution is -2.48. The van der Waals surface area contributed by atoms with Crippen LogP contribution in [0.4, 0.5) is 5.82 Å². The molecular formula is C14H22N4O2. The average Bonchev–Trinajstić information content (AvgIpc) is 2.43. The molecule has 1 aliphatic rings. The first-order valence-corrected chi connectivity index (χ1v) is 7.14. The fourth-order valence-corrected chi connectivity index (χ4v) is 2.48. The number of hydrogen-bond donors (Lipinski definition) is 2. The van der Waals surface area contributed by atoms with Crippen LogP contribution in [-0.2, 0) is 11.2 Å². The van der Waals surface area contributed by atoms with Crippen LogP contribution in [-0.4, -0.2) is 51.6 Å². The number of aryl methyl sites for hydroxylation is 2. The topological polar surface area (TPSA) is 78.4 Å². The molecule has 1 aromatic heterocycles. The number of aromatic nitrogens is 2. The lowest BCUT2D eigenvalue weighted by Gasteiger charge is -2.32. The van der Waals surface area contributed by atoms with Crippen molar-refractivity contribution in [3.63, 3.8) is 0 Å². The molecule has 1 aliphatic heterocycles. The SMILES string of the molecule is CCc1cc(N[C@@H]2CCCN(CCO)C2=O)nc(C)n1. The molecule has 0 aliphatic carbocycles. The Labute approximate surface area is 119 Å². The maximum absolute atomic E-state index is 12.3. The zero-order valence-corrected chi connectivity index (χ0v) is 12.1. The third-order valence-corrected chi connectivity index (χ3v) is 3.48. The monoisotopic (exact) mass is 278 g/mol. The van der Waals surface area contributed by atoms with Crippen molar-refractivity contribution in [2.45, 2.75) is 39.2 Å². The highest BCUT2D eigenvalue weighted by molar-refractivity contribution is 5.85. The minimum absolute atomic E-state index is 0.00502. The molecular weight excluding hydrogens is 256 g/mol. The first kappa shape index (κ1) is 14.7. The first-order chi connectivity index (χ1) is 9.63. The van der Waals surface area contributed by atoms with Crippen molar-refractivity contribution in [1.29, 1.82) is 0 Å². The normalized spacial score (nSPS) is 19.2. The van der Waals surface area contributed by atoms with Crippen LogP contribution in [0.3, 0.4) is 0 Å². The molecule has 1 amide bonds. The van der Waals surface area contributed by atoms with E-state index in [4.69, 9.17) is 5.11 Å². The summed E-state index contributed by atoms with van der Waals surface area (Å²) in [7, 11) is 0. The molecule has 0 radical (unpaired) electrons. The van der Waals surface area contributed by atoms with Crippen LogP contribution < -0.4 is 5.32 Å². The number of likely N-dealkylation sites (tertiary alicyclic amines) is 1. The first-order valence-electron chi connectivity index (χ1n) is 7.14. The van der Waals surface area contributed by atoms with Crippen molar-refractivity contribution in [2.75, 3.05) is 25.0 Å². The number of β-amino-alcohol motifs (C(OH)–C–C–N with tert-alkyl or cyclic N) is 1. The third-order valence-electron chi connectivity index (χ3n) is 3.48. The predicted octanol–water partition coefficient (Wildman–Crippen LogP) is 0.743. The van der Waals surface area contributed by atoms with Crippen LogP contribution in [0.2, 0.25) is 0 Å². The van der Waals surface area contributed by atoms with Crippen LogP contribution >= 0.6 is 0 Å². The molecule has 1 fully saturated rings. The summed E-state index contributed by atoms with van der Waals surface area (Å²) in [4.78, 5) is 22.6. The minimum Gasteiger partial charge on any atom is -0.395 e. The minimum atomic E-state index is -0.255. The van der Waals surface area contributed by atoms with Gasteiger partial charge in [0, 0.05) is 24.8 Å². The number of hydrogen-bond acceptors (Lipinski definition) is 5. The van der Waals surface area contributed by atoms with Gasteiger partial charge in [0.15, 0.2) is 0 Å². The highest BCUT2D eigenvalue weighted by atomic mass is 16.3. The Kier molecular flexibility index (Phi) is 4.89. The number of rotatable bonds is 5. The van der Waals surface area contributed by atoms with E-state index in [0.29, 0.717) is 18.2 Å². The zero-order valence-electron chi connectivity index (χ0n) is 12.1. The number of carbonyl (C=O) groups excluding carboxylic acids is 1. The summed E-state index contributed by atoms with van der Waals surface area (Å²) in [6, 6.07) is 1.64. The van der Waals surface area contributed by atoms with Crippen molar-refractivity contribution in [3.8, 4) is 0 Å². The van der Waals surface area contributed by atoms with Gasteiger partial charge in [0.25, 0.3) is 0 Å². The summed E-state index contributed by atoms with van der Waals surface area (Å²) in [5.41, 5.74) is 0.968. The van der Waals surface area contributed by atoms with Crippen molar-refractivity contribution >= 4 is 11.7 Å². The summed E-state index contributed by atoms with van der Waals surface area (Å²) >= 11 is 0. The second-order valence-corrected chi connectivity index (χ2v) is 5.03. The summed E-state index contributed by atoms with van der Waals surface area (Å²) in [5, 5.41) is 12.2. The van der Waals surface area contributed by atoms with Crippen molar-refractivity contribution < 1.29 is 9.90 Å². The van der Waals surface area contributed by atoms with Gasteiger partial charge in [-0.25, -0.2) is 9.97 Å². The van der Waals surface area contributed by atoms with Gasteiger partial charge in [-0.15, -0.1) is 0 Å². The van der Waals surface area contributed by atoms with Gasteiger partial charge < -0.3 is 15.3 Å². The van der Waals surface area contributed by atoms with Gasteiger partial charge in [-0.3, -0.25) is 4.79 Å². The second kappa shape index (κ2) is 6.65. The molecule has 0 aromatic carbocycles. The molecule has 6 nitrogen and oxygen atoms in total. The molecule has 0 spiro atoms. The van der Waals surface area contributed by atoms with E-state index in [1.165, 1.54) is 0 Å². The van der Waals surface area contributed by atoms with E-state index in [1.807, 2.05) is 19.9 Å². The summed E-state index contributed by atoms with van der Waals surface area (Å²) in [6.07, 6.45) is 2.58. The number of nitrogens with one attached hydrogen (secondary N) is 1. The summed E-state index contributed by atoms with van der Waals surface area (Å²) < 4.78 is 0. The third kappa shape index (κ3) is 3.45. The lowest BCUT2D eigenvalue weighted by molar-refractivity contribution is -0.134. The second-order valence-electron chi connectivity index (χ2n) is 5.03. The van der Waals surface area contributed by atoms with E-state index in [-0.39, 0.29) is 18.6 Å². The van der Waals surface area contributed by atoms with E-state index < -0.39 is 0 Å². The smallest absolute Gasteiger partial charge is 0.245 e. The van der Waals surface area contributed by atoms with Gasteiger partial charge in [-0.1, -0.05) is 6.92 Å². The van der Waals surface area contributed by atoms with E-state index in [9.17, 15) is 4.79 Å². The van der Waals surface area contributed by atoms with E-state index >= 15 is 0 Å². The molecule has 1 saturated heterocycles. The van der Waals surface area contributed by atoms with Crippen LogP contribution in [0.1, 0.15) is 31.3 Å². The molecule has 20 heavy (non-hydrogen) atoms. The molecule has 2 heterocycles. The lowest BCUT2D eigenvalue weighted by atomic mass is 10.0. The fraction of sp³-hybridized carbons (Fsp3) is 0.643. The molecule has 0 saturated carbocycles. The number of carbonyl (C=O) groups is 1. The van der Waals surface area contributed by atoms with Gasteiger partial charge in [0.05, 0.1) is 6.61 Å². The molecule has 110 valence electrons. The number of amides is 1. The standard InChI is InChI=1S/C14H22N4O2/c1-3-11-9-13(16-10(2)15-11)17-12-5-4-6-18(7-8-19)14(12)20/h9,12,19H,3-8H2,1-2H3,(H,15,16,17)/t12-/m1/s1. The molecule has 0 bridgehead atoms. The van der Waals surface area contributed by atoms with Gasteiger partial charge in [0.1, 0.15) is 17.7 Å². The van der Waals surface area contributed by atoms with Crippen molar-refractivity contribution in [3.05, 3.63) is 17.6 Å². The van der Waals surface area contributed by atoms with Crippen molar-refractivity contribution in [2.24, 2.45) is 0 Å². The fourth-order valence-electron chi connectivity index (χ4n) is 2.48. The number of aliphatic hydroxyl groups is 1. The molecule has 2 rings (SSSR count). The van der Waals surface area contributed by atoms with Gasteiger partial charge in [-0.05, 0) is 26.2 Å². The van der Waals surface area contributed by atoms with Gasteiger partial charge >= 0.3 is 0 Å². The van der Waals surface area contributed by atoms with Crippen LogP contribution in [0, 0.1) is 6.92 Å². The largest absolute Gasteiger partial charge is 0.395 e. The highest BCUT2D eigenvalue weighted by Gasteiger charge is 2.28. The summed E-state index contributed by atoms with van der Waals surface area (Å²) in [6.45, 7) is 5.02. The molecule has 6 heteroatoms. The Morgan fingerprint density at radius 2 is 2.30 bits per heavy atom. The van der Waals surface area contributed by atoms with Crippen LogP contribution in [0.25, 0.3) is 0 Å². The molecule has 0 unspecified atom stereocenters.